The van der Waals surface area contributed by atoms with Crippen LogP contribution in [0.3, 0.4) is 0 Å². The van der Waals surface area contributed by atoms with Crippen molar-refractivity contribution in [3.8, 4) is 0 Å². The molecule has 0 aliphatic carbocycles. The summed E-state index contributed by atoms with van der Waals surface area (Å²) in [4.78, 5) is 0. The third-order valence-electron chi connectivity index (χ3n) is 4.40. The second kappa shape index (κ2) is 6.64. The number of benzene rings is 2. The van der Waals surface area contributed by atoms with Crippen molar-refractivity contribution >= 4 is 11.6 Å². The highest BCUT2D eigenvalue weighted by atomic mass is 35.5. The Morgan fingerprint density at radius 1 is 0.952 bits per heavy atom. The molecule has 0 heterocycles. The molecule has 1 N–H and O–H groups in total. The van der Waals surface area contributed by atoms with Gasteiger partial charge < -0.3 is 5.32 Å². The Bertz CT molecular complexity index is 570. The van der Waals surface area contributed by atoms with Gasteiger partial charge in [0.25, 0.3) is 0 Å². The fraction of sp³-hybridized carbons (Fsp3) is 0.368. The number of rotatable bonds is 5. The van der Waals surface area contributed by atoms with Gasteiger partial charge in [0.15, 0.2) is 0 Å². The maximum Gasteiger partial charge on any atom is 0.0574 e. The quantitative estimate of drug-likeness (QED) is 0.786. The van der Waals surface area contributed by atoms with Crippen LogP contribution in [0, 0.1) is 0 Å². The van der Waals surface area contributed by atoms with Gasteiger partial charge in [-0.1, -0.05) is 68.8 Å². The molecule has 2 heteroatoms. The van der Waals surface area contributed by atoms with Crippen molar-refractivity contribution in [1.29, 1.82) is 0 Å². The van der Waals surface area contributed by atoms with Crippen molar-refractivity contribution in [2.75, 3.05) is 7.05 Å². The fourth-order valence-electron chi connectivity index (χ4n) is 2.51. The highest BCUT2D eigenvalue weighted by molar-refractivity contribution is 6.30. The van der Waals surface area contributed by atoms with Crippen LogP contribution in [0.2, 0.25) is 5.02 Å². The molecule has 1 nitrogen and oxygen atoms in total. The molecule has 21 heavy (non-hydrogen) atoms. The monoisotopic (exact) mass is 301 g/mol. The highest BCUT2D eigenvalue weighted by Crippen LogP contribution is 2.29. The van der Waals surface area contributed by atoms with E-state index < -0.39 is 0 Å². The Morgan fingerprint density at radius 3 is 1.86 bits per heavy atom. The van der Waals surface area contributed by atoms with E-state index in [1.807, 2.05) is 19.2 Å². The maximum atomic E-state index is 5.97. The molecule has 0 aliphatic heterocycles. The summed E-state index contributed by atoms with van der Waals surface area (Å²) in [7, 11) is 1.99. The van der Waals surface area contributed by atoms with E-state index in [4.69, 9.17) is 11.6 Å². The number of halogens is 1. The predicted molar refractivity (Wildman–Crippen MR) is 92.1 cm³/mol. The molecule has 0 aromatic heterocycles. The van der Waals surface area contributed by atoms with Crippen molar-refractivity contribution < 1.29 is 0 Å². The maximum absolute atomic E-state index is 5.97. The number of hydrogen-bond acceptors (Lipinski definition) is 1. The second-order valence-corrected chi connectivity index (χ2v) is 6.57. The Morgan fingerprint density at radius 2 is 1.43 bits per heavy atom. The van der Waals surface area contributed by atoms with Crippen molar-refractivity contribution in [3.05, 3.63) is 70.2 Å². The molecule has 2 rings (SSSR count). The molecule has 0 fully saturated rings. The topological polar surface area (TPSA) is 12.0 Å². The average Bonchev–Trinajstić information content (AvgIpc) is 2.50. The van der Waals surface area contributed by atoms with Gasteiger partial charge in [0.2, 0.25) is 0 Å². The number of nitrogens with one attached hydrogen (secondary N) is 1. The first-order valence-corrected chi connectivity index (χ1v) is 7.89. The lowest BCUT2D eigenvalue weighted by Crippen LogP contribution is -2.19. The molecule has 0 radical (unpaired) electrons. The molecule has 1 unspecified atom stereocenters. The van der Waals surface area contributed by atoms with E-state index >= 15 is 0 Å². The van der Waals surface area contributed by atoms with E-state index in [0.29, 0.717) is 0 Å². The zero-order valence-corrected chi connectivity index (χ0v) is 14.0. The number of hydrogen-bond donors (Lipinski definition) is 1. The molecule has 0 saturated heterocycles. The Hall–Kier alpha value is -1.31. The van der Waals surface area contributed by atoms with Gasteiger partial charge in [-0.15, -0.1) is 0 Å². The minimum absolute atomic E-state index is 0.195. The average molecular weight is 302 g/mol. The lowest BCUT2D eigenvalue weighted by Gasteiger charge is -2.24. The van der Waals surface area contributed by atoms with Crippen LogP contribution in [0.25, 0.3) is 0 Å². The zero-order valence-electron chi connectivity index (χ0n) is 13.3. The van der Waals surface area contributed by atoms with Gasteiger partial charge in [0.1, 0.15) is 0 Å². The summed E-state index contributed by atoms with van der Waals surface area (Å²) in [5.74, 6) is 0. The molecular formula is C19H24ClN. The highest BCUT2D eigenvalue weighted by Gasteiger charge is 2.19. The summed E-state index contributed by atoms with van der Waals surface area (Å²) >= 11 is 5.97. The molecule has 0 saturated carbocycles. The summed E-state index contributed by atoms with van der Waals surface area (Å²) in [5, 5.41) is 4.16. The molecule has 112 valence electrons. The van der Waals surface area contributed by atoms with Crippen LogP contribution in [0.15, 0.2) is 48.5 Å². The van der Waals surface area contributed by atoms with Gasteiger partial charge in [-0.3, -0.25) is 0 Å². The van der Waals surface area contributed by atoms with Crippen molar-refractivity contribution in [2.24, 2.45) is 0 Å². The first-order chi connectivity index (χ1) is 9.97. The van der Waals surface area contributed by atoms with Crippen LogP contribution < -0.4 is 5.32 Å². The van der Waals surface area contributed by atoms with Gasteiger partial charge in [0.05, 0.1) is 6.04 Å². The Balaban J connectivity index is 2.29. The van der Waals surface area contributed by atoms with Crippen molar-refractivity contribution in [1.82, 2.24) is 5.32 Å². The van der Waals surface area contributed by atoms with E-state index in [1.54, 1.807) is 0 Å². The summed E-state index contributed by atoms with van der Waals surface area (Å²) in [6.45, 7) is 6.81. The van der Waals surface area contributed by atoms with Gasteiger partial charge in [-0.2, -0.15) is 0 Å². The van der Waals surface area contributed by atoms with Crippen LogP contribution in [0.1, 0.15) is 49.9 Å². The molecule has 0 spiro atoms. The van der Waals surface area contributed by atoms with Crippen molar-refractivity contribution in [2.45, 2.75) is 38.6 Å². The first kappa shape index (κ1) is 16.1. The normalized spacial score (nSPS) is 13.2. The van der Waals surface area contributed by atoms with Crippen LogP contribution in [-0.4, -0.2) is 7.05 Å². The third kappa shape index (κ3) is 3.66. The SMILES string of the molecule is CCC(C)(C)c1ccc(C(NC)c2ccc(Cl)cc2)cc1. The first-order valence-electron chi connectivity index (χ1n) is 7.51. The molecule has 0 aliphatic rings. The van der Waals surface area contributed by atoms with Gasteiger partial charge in [-0.05, 0) is 47.7 Å². The van der Waals surface area contributed by atoms with Crippen LogP contribution in [-0.2, 0) is 5.41 Å². The molecule has 2 aromatic rings. The molecule has 2 aromatic carbocycles. The summed E-state index contributed by atoms with van der Waals surface area (Å²) in [5.41, 5.74) is 4.12. The molecule has 1 atom stereocenters. The minimum atomic E-state index is 0.195. The van der Waals surface area contributed by atoms with Gasteiger partial charge in [0, 0.05) is 5.02 Å². The standard InChI is InChI=1S/C19H24ClN/c1-5-19(2,3)16-10-6-14(7-11-16)18(21-4)15-8-12-17(20)13-9-15/h6-13,18,21H,5H2,1-4H3. The van der Waals surface area contributed by atoms with E-state index in [0.717, 1.165) is 11.4 Å². The Labute approximate surface area is 133 Å². The molecule has 0 bridgehead atoms. The summed E-state index contributed by atoms with van der Waals surface area (Å²) in [6.07, 6.45) is 1.14. The summed E-state index contributed by atoms with van der Waals surface area (Å²) < 4.78 is 0. The van der Waals surface area contributed by atoms with Crippen LogP contribution in [0.4, 0.5) is 0 Å². The van der Waals surface area contributed by atoms with E-state index in [9.17, 15) is 0 Å². The predicted octanol–water partition coefficient (Wildman–Crippen LogP) is 5.34. The van der Waals surface area contributed by atoms with E-state index in [2.05, 4.69) is 62.5 Å². The van der Waals surface area contributed by atoms with E-state index in [-0.39, 0.29) is 11.5 Å². The smallest absolute Gasteiger partial charge is 0.0574 e. The van der Waals surface area contributed by atoms with Gasteiger partial charge >= 0.3 is 0 Å². The third-order valence-corrected chi connectivity index (χ3v) is 4.65. The summed E-state index contributed by atoms with van der Waals surface area (Å²) in [6, 6.07) is 17.2. The zero-order chi connectivity index (χ0) is 15.5. The largest absolute Gasteiger partial charge is 0.309 e. The van der Waals surface area contributed by atoms with Crippen molar-refractivity contribution in [3.63, 3.8) is 0 Å². The molecule has 0 amide bonds. The molecular weight excluding hydrogens is 278 g/mol. The van der Waals surface area contributed by atoms with Crippen LogP contribution in [0.5, 0.6) is 0 Å². The van der Waals surface area contributed by atoms with Crippen LogP contribution >= 0.6 is 11.6 Å². The lowest BCUT2D eigenvalue weighted by molar-refractivity contribution is 0.506. The van der Waals surface area contributed by atoms with Gasteiger partial charge in [-0.25, -0.2) is 0 Å². The van der Waals surface area contributed by atoms with E-state index in [1.165, 1.54) is 16.7 Å². The fourth-order valence-corrected chi connectivity index (χ4v) is 2.64. The Kier molecular flexibility index (Phi) is 5.08. The lowest BCUT2D eigenvalue weighted by atomic mass is 9.81. The minimum Gasteiger partial charge on any atom is -0.309 e. The second-order valence-electron chi connectivity index (χ2n) is 6.13.